The van der Waals surface area contributed by atoms with Crippen LogP contribution < -0.4 is 19.1 Å². The molecule has 0 saturated carbocycles. The summed E-state index contributed by atoms with van der Waals surface area (Å²) in [6.45, 7) is 4.46. The van der Waals surface area contributed by atoms with Gasteiger partial charge in [-0.3, -0.25) is 9.69 Å². The maximum atomic E-state index is 13.4. The van der Waals surface area contributed by atoms with Gasteiger partial charge < -0.3 is 24.0 Å². The summed E-state index contributed by atoms with van der Waals surface area (Å²) in [4.78, 5) is 19.9. The van der Waals surface area contributed by atoms with E-state index in [1.165, 1.54) is 5.56 Å². The van der Waals surface area contributed by atoms with Crippen molar-refractivity contribution in [1.82, 2.24) is 9.80 Å². The van der Waals surface area contributed by atoms with Gasteiger partial charge in [0.25, 0.3) is 5.91 Å². The second-order valence-electron chi connectivity index (χ2n) is 9.20. The van der Waals surface area contributed by atoms with E-state index in [1.54, 1.807) is 21.3 Å². The van der Waals surface area contributed by atoms with Gasteiger partial charge in [-0.15, -0.1) is 0 Å². The Hall–Kier alpha value is -3.97. The lowest BCUT2D eigenvalue weighted by molar-refractivity contribution is 0.0627. The molecule has 0 aromatic heterocycles. The van der Waals surface area contributed by atoms with Crippen LogP contribution in [0.1, 0.15) is 21.5 Å². The highest BCUT2D eigenvalue weighted by Crippen LogP contribution is 2.38. The Morgan fingerprint density at radius 2 is 1.59 bits per heavy atom. The molecule has 0 aliphatic carbocycles. The summed E-state index contributed by atoms with van der Waals surface area (Å²) in [7, 11) is 4.98. The first-order valence-electron chi connectivity index (χ1n) is 12.5. The maximum absolute atomic E-state index is 13.4. The van der Waals surface area contributed by atoms with E-state index in [1.807, 2.05) is 53.4 Å². The van der Waals surface area contributed by atoms with Gasteiger partial charge >= 0.3 is 0 Å². The van der Waals surface area contributed by atoms with Crippen molar-refractivity contribution < 1.29 is 19.0 Å². The number of anilines is 2. The predicted octanol–water partition coefficient (Wildman–Crippen LogP) is 4.84. The van der Waals surface area contributed by atoms with E-state index in [-0.39, 0.29) is 5.91 Å². The van der Waals surface area contributed by atoms with E-state index in [0.29, 0.717) is 24.4 Å². The Morgan fingerprint density at radius 1 is 0.811 bits per heavy atom. The molecular weight excluding hydrogens is 466 g/mol. The topological polar surface area (TPSA) is 54.5 Å². The molecule has 5 rings (SSSR count). The van der Waals surface area contributed by atoms with Crippen LogP contribution in [0.5, 0.6) is 17.2 Å². The van der Waals surface area contributed by atoms with Gasteiger partial charge in [0.2, 0.25) is 0 Å². The van der Waals surface area contributed by atoms with Crippen molar-refractivity contribution in [3.63, 3.8) is 0 Å². The molecule has 7 nitrogen and oxygen atoms in total. The number of para-hydroxylation sites is 1. The second-order valence-corrected chi connectivity index (χ2v) is 9.20. The normalized spacial score (nSPS) is 15.3. The first-order valence-corrected chi connectivity index (χ1v) is 12.5. The zero-order valence-corrected chi connectivity index (χ0v) is 21.6. The highest BCUT2D eigenvalue weighted by atomic mass is 16.5. The number of amides is 1. The van der Waals surface area contributed by atoms with Crippen molar-refractivity contribution >= 4 is 23.4 Å². The molecule has 2 aliphatic heterocycles. The molecule has 0 unspecified atom stereocenters. The van der Waals surface area contributed by atoms with Crippen molar-refractivity contribution in [2.75, 3.05) is 59.0 Å². The zero-order chi connectivity index (χ0) is 25.8. The molecule has 1 amide bonds. The van der Waals surface area contributed by atoms with Crippen LogP contribution in [0.2, 0.25) is 0 Å². The molecule has 37 heavy (non-hydrogen) atoms. The Bertz CT molecular complexity index is 1300. The number of ether oxygens (including phenoxy) is 3. The number of piperazine rings is 1. The average Bonchev–Trinajstić information content (AvgIpc) is 2.96. The first kappa shape index (κ1) is 24.7. The van der Waals surface area contributed by atoms with Crippen LogP contribution in [-0.4, -0.2) is 69.8 Å². The van der Waals surface area contributed by atoms with E-state index < -0.39 is 0 Å². The van der Waals surface area contributed by atoms with Gasteiger partial charge in [0, 0.05) is 62.1 Å². The minimum Gasteiger partial charge on any atom is -0.497 e. The van der Waals surface area contributed by atoms with E-state index in [2.05, 4.69) is 34.1 Å². The average molecular weight is 500 g/mol. The number of rotatable bonds is 7. The van der Waals surface area contributed by atoms with E-state index >= 15 is 0 Å². The number of hydrogen-bond donors (Lipinski definition) is 0. The third-order valence-electron chi connectivity index (χ3n) is 7.08. The highest BCUT2D eigenvalue weighted by molar-refractivity contribution is 5.96. The van der Waals surface area contributed by atoms with Crippen LogP contribution >= 0.6 is 0 Å². The molecular formula is C30H33N3O4. The van der Waals surface area contributed by atoms with Gasteiger partial charge in [0.1, 0.15) is 17.2 Å². The molecule has 0 bridgehead atoms. The molecule has 0 N–H and O–H groups in total. The summed E-state index contributed by atoms with van der Waals surface area (Å²) in [5.74, 6) is 2.32. The van der Waals surface area contributed by atoms with E-state index in [4.69, 9.17) is 14.2 Å². The van der Waals surface area contributed by atoms with Crippen molar-refractivity contribution in [2.24, 2.45) is 0 Å². The second kappa shape index (κ2) is 11.0. The number of benzene rings is 3. The summed E-state index contributed by atoms with van der Waals surface area (Å²) in [6.07, 6.45) is 4.28. The quantitative estimate of drug-likeness (QED) is 0.464. The number of carbonyl (C=O) groups excluding carboxylic acids is 1. The fourth-order valence-electron chi connectivity index (χ4n) is 5.03. The minimum atomic E-state index is 0.0328. The van der Waals surface area contributed by atoms with E-state index in [9.17, 15) is 4.79 Å². The molecule has 1 fully saturated rings. The van der Waals surface area contributed by atoms with Gasteiger partial charge in [0.05, 0.1) is 27.0 Å². The minimum absolute atomic E-state index is 0.0328. The Labute approximate surface area is 218 Å². The van der Waals surface area contributed by atoms with Crippen LogP contribution in [0, 0.1) is 0 Å². The lowest BCUT2D eigenvalue weighted by atomic mass is 10.1. The third-order valence-corrected chi connectivity index (χ3v) is 7.08. The summed E-state index contributed by atoms with van der Waals surface area (Å²) < 4.78 is 16.6. The molecule has 7 heteroatoms. The molecule has 0 atom stereocenters. The van der Waals surface area contributed by atoms with Crippen LogP contribution in [0.25, 0.3) is 6.08 Å². The van der Waals surface area contributed by atoms with E-state index in [0.717, 1.165) is 54.6 Å². The zero-order valence-electron chi connectivity index (χ0n) is 21.6. The first-order chi connectivity index (χ1) is 18.1. The summed E-state index contributed by atoms with van der Waals surface area (Å²) >= 11 is 0. The van der Waals surface area contributed by atoms with Gasteiger partial charge in [-0.1, -0.05) is 36.4 Å². The van der Waals surface area contributed by atoms with Gasteiger partial charge in [-0.25, -0.2) is 0 Å². The van der Waals surface area contributed by atoms with Crippen LogP contribution in [0.3, 0.4) is 0 Å². The molecule has 192 valence electrons. The predicted molar refractivity (Wildman–Crippen MR) is 146 cm³/mol. The molecule has 3 aromatic carbocycles. The molecule has 0 spiro atoms. The van der Waals surface area contributed by atoms with Gasteiger partial charge in [-0.05, 0) is 35.9 Å². The van der Waals surface area contributed by atoms with Crippen LogP contribution in [0.4, 0.5) is 11.4 Å². The van der Waals surface area contributed by atoms with Crippen molar-refractivity contribution in [3.05, 3.63) is 83.4 Å². The molecule has 0 radical (unpaired) electrons. The summed E-state index contributed by atoms with van der Waals surface area (Å²) in [5.41, 5.74) is 5.01. The third kappa shape index (κ3) is 5.13. The molecule has 1 saturated heterocycles. The maximum Gasteiger partial charge on any atom is 0.254 e. The molecule has 3 aromatic rings. The molecule has 2 aliphatic rings. The van der Waals surface area contributed by atoms with Gasteiger partial charge in [0.15, 0.2) is 0 Å². The summed E-state index contributed by atoms with van der Waals surface area (Å²) in [5, 5.41) is 0. The Kier molecular flexibility index (Phi) is 7.32. The summed E-state index contributed by atoms with van der Waals surface area (Å²) in [6, 6.07) is 20.0. The Balaban J connectivity index is 1.26. The number of fused-ring (bicyclic) bond motifs is 1. The van der Waals surface area contributed by atoms with Crippen LogP contribution in [-0.2, 0) is 6.54 Å². The molecule has 2 heterocycles. The lowest BCUT2D eigenvalue weighted by Crippen LogP contribution is -2.48. The van der Waals surface area contributed by atoms with Crippen LogP contribution in [0.15, 0.2) is 66.7 Å². The smallest absolute Gasteiger partial charge is 0.254 e. The SMILES string of the molecule is COc1ccc(CN2CCN(C(=O)c3ccc(N4CC=Cc5ccccc54)c(OC)c3)CC2)c(OC)c1. The fourth-order valence-corrected chi connectivity index (χ4v) is 5.03. The monoisotopic (exact) mass is 499 g/mol. The standard InChI is InChI=1S/C30H33N3O4/c1-35-25-12-10-24(28(20-25)36-2)21-31-15-17-32(18-16-31)30(34)23-11-13-27(29(19-23)37-3)33-14-6-8-22-7-4-5-9-26(22)33/h4-13,19-20H,14-18,21H2,1-3H3. The number of nitrogens with zero attached hydrogens (tertiary/aromatic N) is 3. The fraction of sp³-hybridized carbons (Fsp3) is 0.300. The van der Waals surface area contributed by atoms with Gasteiger partial charge in [-0.2, -0.15) is 0 Å². The lowest BCUT2D eigenvalue weighted by Gasteiger charge is -2.35. The number of hydrogen-bond acceptors (Lipinski definition) is 6. The number of methoxy groups -OCH3 is 3. The van der Waals surface area contributed by atoms with Crippen molar-refractivity contribution in [3.8, 4) is 17.2 Å². The largest absolute Gasteiger partial charge is 0.497 e. The highest BCUT2D eigenvalue weighted by Gasteiger charge is 2.25. The van der Waals surface area contributed by atoms with Crippen molar-refractivity contribution in [1.29, 1.82) is 0 Å². The van der Waals surface area contributed by atoms with Crippen molar-refractivity contribution in [2.45, 2.75) is 6.54 Å². The number of carbonyl (C=O) groups is 1. The Morgan fingerprint density at radius 3 is 2.35 bits per heavy atom.